The van der Waals surface area contributed by atoms with Crippen molar-refractivity contribution < 1.29 is 9.59 Å². The first kappa shape index (κ1) is 15.7. The number of thiazole rings is 1. The molecule has 3 nitrogen and oxygen atoms in total. The lowest BCUT2D eigenvalue weighted by molar-refractivity contribution is -0.136. The number of benzene rings is 1. The van der Waals surface area contributed by atoms with E-state index in [0.717, 1.165) is 46.8 Å². The third-order valence-electron chi connectivity index (χ3n) is 5.43. The summed E-state index contributed by atoms with van der Waals surface area (Å²) in [5, 5.41) is 0.917. The summed E-state index contributed by atoms with van der Waals surface area (Å²) in [6.07, 6.45) is 3.33. The number of nitrogens with zero attached hydrogens (tertiary/aromatic N) is 1. The zero-order chi connectivity index (χ0) is 16.8. The molecule has 0 spiro atoms. The van der Waals surface area contributed by atoms with Crippen molar-refractivity contribution in [3.63, 3.8) is 0 Å². The van der Waals surface area contributed by atoms with Crippen LogP contribution in [0.25, 0.3) is 10.6 Å². The van der Waals surface area contributed by atoms with Gasteiger partial charge in [-0.1, -0.05) is 36.8 Å². The first-order valence-corrected chi connectivity index (χ1v) is 9.54. The number of fused-ring (bicyclic) bond motifs is 2. The molecule has 2 saturated carbocycles. The Kier molecular flexibility index (Phi) is 3.87. The molecule has 0 saturated heterocycles. The fourth-order valence-corrected chi connectivity index (χ4v) is 5.09. The van der Waals surface area contributed by atoms with E-state index in [1.807, 2.05) is 0 Å². The minimum Gasteiger partial charge on any atom is -0.298 e. The second-order valence-corrected chi connectivity index (χ2v) is 8.08. The van der Waals surface area contributed by atoms with Crippen LogP contribution in [0.2, 0.25) is 0 Å². The smallest absolute Gasteiger partial charge is 0.152 e. The Morgan fingerprint density at radius 1 is 1.08 bits per heavy atom. The van der Waals surface area contributed by atoms with Crippen LogP contribution in [0.15, 0.2) is 24.3 Å². The number of aromatic nitrogens is 1. The monoisotopic (exact) mass is 339 g/mol. The average Bonchev–Trinajstić information content (AvgIpc) is 3.20. The molecule has 3 atom stereocenters. The molecular weight excluding hydrogens is 318 g/mol. The zero-order valence-electron chi connectivity index (χ0n) is 14.0. The van der Waals surface area contributed by atoms with E-state index in [2.05, 4.69) is 38.1 Å². The van der Waals surface area contributed by atoms with Crippen molar-refractivity contribution in [3.05, 3.63) is 40.4 Å². The van der Waals surface area contributed by atoms with Crippen LogP contribution in [0.4, 0.5) is 0 Å². The highest BCUT2D eigenvalue weighted by Gasteiger charge is 2.48. The third-order valence-corrected chi connectivity index (χ3v) is 6.69. The number of hydrogen-bond donors (Lipinski definition) is 0. The maximum atomic E-state index is 12.8. The molecule has 4 rings (SSSR count). The van der Waals surface area contributed by atoms with Gasteiger partial charge in [0.2, 0.25) is 0 Å². The van der Waals surface area contributed by atoms with E-state index in [1.54, 1.807) is 11.3 Å². The minimum absolute atomic E-state index is 0.0759. The summed E-state index contributed by atoms with van der Waals surface area (Å²) in [6, 6.07) is 8.26. The number of ketones is 2. The van der Waals surface area contributed by atoms with Crippen molar-refractivity contribution in [1.82, 2.24) is 4.98 Å². The molecule has 2 bridgehead atoms. The van der Waals surface area contributed by atoms with Gasteiger partial charge in [0.15, 0.2) is 11.6 Å². The maximum Gasteiger partial charge on any atom is 0.152 e. The molecule has 0 radical (unpaired) electrons. The predicted molar refractivity (Wildman–Crippen MR) is 95.3 cm³/mol. The number of carbonyl (C=O) groups is 2. The van der Waals surface area contributed by atoms with E-state index >= 15 is 0 Å². The fourth-order valence-electron chi connectivity index (χ4n) is 4.04. The zero-order valence-corrected chi connectivity index (χ0v) is 14.9. The Balaban J connectivity index is 1.76. The van der Waals surface area contributed by atoms with Crippen molar-refractivity contribution in [3.8, 4) is 10.6 Å². The summed E-state index contributed by atoms with van der Waals surface area (Å²) in [5.41, 5.74) is 3.01. The molecule has 124 valence electrons. The van der Waals surface area contributed by atoms with Gasteiger partial charge >= 0.3 is 0 Å². The molecule has 4 heteroatoms. The van der Waals surface area contributed by atoms with Crippen molar-refractivity contribution in [2.24, 2.45) is 11.8 Å². The SMILES string of the molecule is CCc1sc(-c2ccc(C)cc2)nc1C1C(=O)[C@@H]2CC[C@@H](C2)C1=O. The summed E-state index contributed by atoms with van der Waals surface area (Å²) < 4.78 is 0. The summed E-state index contributed by atoms with van der Waals surface area (Å²) in [4.78, 5) is 31.5. The molecule has 0 N–H and O–H groups in total. The Labute approximate surface area is 146 Å². The quantitative estimate of drug-likeness (QED) is 0.782. The summed E-state index contributed by atoms with van der Waals surface area (Å²) >= 11 is 1.62. The number of Topliss-reactive ketones (excluding diaryl/α,β-unsaturated/α-hetero) is 2. The van der Waals surface area contributed by atoms with E-state index < -0.39 is 5.92 Å². The normalized spacial score (nSPS) is 26.2. The van der Waals surface area contributed by atoms with Gasteiger partial charge in [0, 0.05) is 22.3 Å². The summed E-state index contributed by atoms with van der Waals surface area (Å²) in [7, 11) is 0. The van der Waals surface area contributed by atoms with E-state index in [4.69, 9.17) is 4.98 Å². The van der Waals surface area contributed by atoms with Gasteiger partial charge in [0.25, 0.3) is 0 Å². The number of rotatable bonds is 3. The first-order chi connectivity index (χ1) is 11.6. The molecular formula is C20H21NO2S. The number of carbonyl (C=O) groups excluding carboxylic acids is 2. The van der Waals surface area contributed by atoms with Gasteiger partial charge in [-0.15, -0.1) is 11.3 Å². The van der Waals surface area contributed by atoms with E-state index in [-0.39, 0.29) is 23.4 Å². The van der Waals surface area contributed by atoms with E-state index in [1.165, 1.54) is 5.56 Å². The minimum atomic E-state index is -0.610. The second-order valence-electron chi connectivity index (χ2n) is 6.99. The van der Waals surface area contributed by atoms with Crippen LogP contribution < -0.4 is 0 Å². The molecule has 0 aliphatic heterocycles. The largest absolute Gasteiger partial charge is 0.298 e. The highest BCUT2D eigenvalue weighted by atomic mass is 32.1. The van der Waals surface area contributed by atoms with Crippen LogP contribution in [0.1, 0.15) is 48.2 Å². The summed E-state index contributed by atoms with van der Waals surface area (Å²) in [6.45, 7) is 4.13. The van der Waals surface area contributed by atoms with Gasteiger partial charge in [-0.05, 0) is 32.6 Å². The van der Waals surface area contributed by atoms with Gasteiger partial charge in [-0.25, -0.2) is 4.98 Å². The lowest BCUT2D eigenvalue weighted by Gasteiger charge is -2.24. The van der Waals surface area contributed by atoms with Crippen molar-refractivity contribution in [2.45, 2.75) is 45.4 Å². The molecule has 1 heterocycles. The lowest BCUT2D eigenvalue weighted by atomic mass is 9.77. The van der Waals surface area contributed by atoms with Gasteiger partial charge < -0.3 is 0 Å². The molecule has 2 fully saturated rings. The highest BCUT2D eigenvalue weighted by molar-refractivity contribution is 7.15. The Morgan fingerprint density at radius 2 is 1.71 bits per heavy atom. The first-order valence-electron chi connectivity index (χ1n) is 8.72. The van der Waals surface area contributed by atoms with E-state index in [9.17, 15) is 9.59 Å². The maximum absolute atomic E-state index is 12.8. The predicted octanol–water partition coefficient (Wildman–Crippen LogP) is 4.33. The van der Waals surface area contributed by atoms with Crippen LogP contribution in [-0.4, -0.2) is 16.6 Å². The highest BCUT2D eigenvalue weighted by Crippen LogP contribution is 2.45. The van der Waals surface area contributed by atoms with Crippen LogP contribution in [0.5, 0.6) is 0 Å². The molecule has 1 unspecified atom stereocenters. The van der Waals surface area contributed by atoms with Crippen molar-refractivity contribution in [1.29, 1.82) is 0 Å². The van der Waals surface area contributed by atoms with Crippen LogP contribution in [-0.2, 0) is 16.0 Å². The van der Waals surface area contributed by atoms with Crippen molar-refractivity contribution >= 4 is 22.9 Å². The molecule has 2 aromatic rings. The van der Waals surface area contributed by atoms with Gasteiger partial charge in [-0.2, -0.15) is 0 Å². The van der Waals surface area contributed by atoms with Gasteiger partial charge in [-0.3, -0.25) is 9.59 Å². The molecule has 1 aromatic heterocycles. The number of hydrogen-bond acceptors (Lipinski definition) is 4. The molecule has 2 aliphatic carbocycles. The standard InChI is InChI=1S/C20H21NO2S/c1-3-15-17(16-18(22)13-8-9-14(10-13)19(16)23)21-20(24-15)12-6-4-11(2)5-7-12/h4-7,13-14,16H,3,8-10H2,1-2H3/t13-,14+,16?. The Hall–Kier alpha value is -1.81. The summed E-state index contributed by atoms with van der Waals surface area (Å²) in [5.74, 6) is -0.228. The Bertz CT molecular complexity index is 784. The fraction of sp³-hybridized carbons (Fsp3) is 0.450. The molecule has 1 aromatic carbocycles. The van der Waals surface area contributed by atoms with Crippen molar-refractivity contribution in [2.75, 3.05) is 0 Å². The van der Waals surface area contributed by atoms with Gasteiger partial charge in [0.1, 0.15) is 10.9 Å². The average molecular weight is 339 g/mol. The van der Waals surface area contributed by atoms with Crippen LogP contribution >= 0.6 is 11.3 Å². The van der Waals surface area contributed by atoms with E-state index in [0.29, 0.717) is 0 Å². The topological polar surface area (TPSA) is 47.0 Å². The lowest BCUT2D eigenvalue weighted by Crippen LogP contribution is -2.35. The van der Waals surface area contributed by atoms with Crippen LogP contribution in [0.3, 0.4) is 0 Å². The molecule has 2 aliphatic rings. The Morgan fingerprint density at radius 3 is 2.29 bits per heavy atom. The number of aryl methyl sites for hydroxylation is 2. The van der Waals surface area contributed by atoms with Gasteiger partial charge in [0.05, 0.1) is 5.69 Å². The molecule has 0 amide bonds. The second kappa shape index (κ2) is 5.92. The third kappa shape index (κ3) is 2.44. The molecule has 24 heavy (non-hydrogen) atoms. The van der Waals surface area contributed by atoms with Crippen LogP contribution in [0, 0.1) is 18.8 Å².